The molecular weight excluding hydrogens is 262 g/mol. The van der Waals surface area contributed by atoms with Crippen LogP contribution in [-0.4, -0.2) is 17.1 Å². The molecule has 114 valence electrons. The molecule has 2 rings (SSSR count). The third-order valence-corrected chi connectivity index (χ3v) is 3.68. The molecule has 0 radical (unpaired) electrons. The number of benzene rings is 1. The first-order valence-electron chi connectivity index (χ1n) is 7.70. The van der Waals surface area contributed by atoms with E-state index in [2.05, 4.69) is 16.9 Å². The fourth-order valence-corrected chi connectivity index (χ4v) is 2.38. The zero-order chi connectivity index (χ0) is 15.1. The van der Waals surface area contributed by atoms with Gasteiger partial charge in [-0.1, -0.05) is 44.7 Å². The van der Waals surface area contributed by atoms with Crippen molar-refractivity contribution >= 4 is 0 Å². The first-order chi connectivity index (χ1) is 10.2. The fraction of sp³-hybridized carbons (Fsp3) is 0.471. The Morgan fingerprint density at radius 1 is 1.29 bits per heavy atom. The van der Waals surface area contributed by atoms with Crippen LogP contribution in [0.2, 0.25) is 0 Å². The lowest BCUT2D eigenvalue weighted by atomic mass is 10.1. The lowest BCUT2D eigenvalue weighted by Gasteiger charge is -2.08. The van der Waals surface area contributed by atoms with E-state index < -0.39 is 0 Å². The van der Waals surface area contributed by atoms with Gasteiger partial charge in [-0.05, 0) is 18.6 Å². The van der Waals surface area contributed by atoms with E-state index in [9.17, 15) is 0 Å². The molecule has 0 spiro atoms. The molecule has 3 N–H and O–H groups in total. The Morgan fingerprint density at radius 3 is 2.90 bits per heavy atom. The van der Waals surface area contributed by atoms with E-state index in [1.54, 1.807) is 7.11 Å². The van der Waals surface area contributed by atoms with Crippen LogP contribution in [-0.2, 0) is 0 Å². The summed E-state index contributed by atoms with van der Waals surface area (Å²) < 4.78 is 5.24. The van der Waals surface area contributed by atoms with Gasteiger partial charge in [-0.15, -0.1) is 0 Å². The normalized spacial score (nSPS) is 12.3. The minimum absolute atomic E-state index is 0.0128. The standard InChI is InChI=1S/C17H25N3O/c1-3-4-5-6-10-15(18)17-19-12-16(20-17)13-8-7-9-14(11-13)21-2/h7-9,11-12,15H,3-6,10,18H2,1-2H3,(H,19,20). The quantitative estimate of drug-likeness (QED) is 0.720. The van der Waals surface area contributed by atoms with Gasteiger partial charge in [0.2, 0.25) is 0 Å². The van der Waals surface area contributed by atoms with Crippen LogP contribution in [0.4, 0.5) is 0 Å². The number of methoxy groups -OCH3 is 1. The molecule has 0 aliphatic carbocycles. The zero-order valence-electron chi connectivity index (χ0n) is 12.9. The van der Waals surface area contributed by atoms with Crippen molar-refractivity contribution in [2.45, 2.75) is 45.1 Å². The van der Waals surface area contributed by atoms with Gasteiger partial charge in [-0.25, -0.2) is 4.98 Å². The monoisotopic (exact) mass is 287 g/mol. The molecule has 0 amide bonds. The van der Waals surface area contributed by atoms with E-state index in [0.717, 1.165) is 35.7 Å². The number of nitrogens with two attached hydrogens (primary N) is 1. The highest BCUT2D eigenvalue weighted by Gasteiger charge is 2.11. The fourth-order valence-electron chi connectivity index (χ4n) is 2.38. The number of nitrogens with one attached hydrogen (secondary N) is 1. The molecule has 0 aliphatic rings. The maximum Gasteiger partial charge on any atom is 0.123 e. The molecule has 4 heteroatoms. The maximum absolute atomic E-state index is 6.21. The van der Waals surface area contributed by atoms with Crippen molar-refractivity contribution in [1.82, 2.24) is 9.97 Å². The number of nitrogens with zero attached hydrogens (tertiary/aromatic N) is 1. The van der Waals surface area contributed by atoms with E-state index >= 15 is 0 Å². The van der Waals surface area contributed by atoms with Crippen LogP contribution in [0.15, 0.2) is 30.5 Å². The number of H-pyrrole nitrogens is 1. The number of unbranched alkanes of at least 4 members (excludes halogenated alkanes) is 3. The number of hydrogen-bond donors (Lipinski definition) is 2. The van der Waals surface area contributed by atoms with Gasteiger partial charge in [0.15, 0.2) is 0 Å². The molecule has 0 bridgehead atoms. The Balaban J connectivity index is 2.00. The van der Waals surface area contributed by atoms with Crippen molar-refractivity contribution in [2.24, 2.45) is 5.73 Å². The minimum atomic E-state index is -0.0128. The van der Waals surface area contributed by atoms with Gasteiger partial charge in [0.1, 0.15) is 11.6 Å². The summed E-state index contributed by atoms with van der Waals surface area (Å²) in [7, 11) is 1.67. The van der Waals surface area contributed by atoms with Crippen LogP contribution in [0.25, 0.3) is 11.3 Å². The van der Waals surface area contributed by atoms with E-state index in [1.165, 1.54) is 19.3 Å². The topological polar surface area (TPSA) is 63.9 Å². The summed E-state index contributed by atoms with van der Waals surface area (Å²) in [4.78, 5) is 7.82. The lowest BCUT2D eigenvalue weighted by Crippen LogP contribution is -2.11. The Hall–Kier alpha value is -1.81. The molecule has 1 heterocycles. The predicted octanol–water partition coefficient (Wildman–Crippen LogP) is 4.06. The Morgan fingerprint density at radius 2 is 2.14 bits per heavy atom. The summed E-state index contributed by atoms with van der Waals surface area (Å²) >= 11 is 0. The Labute approximate surface area is 126 Å². The molecule has 0 saturated carbocycles. The van der Waals surface area contributed by atoms with Crippen LogP contribution in [0, 0.1) is 0 Å². The molecule has 0 fully saturated rings. The smallest absolute Gasteiger partial charge is 0.123 e. The van der Waals surface area contributed by atoms with E-state index in [-0.39, 0.29) is 6.04 Å². The van der Waals surface area contributed by atoms with Crippen molar-refractivity contribution < 1.29 is 4.74 Å². The van der Waals surface area contributed by atoms with Gasteiger partial charge in [0, 0.05) is 11.8 Å². The van der Waals surface area contributed by atoms with Gasteiger partial charge in [-0.2, -0.15) is 0 Å². The maximum atomic E-state index is 6.21. The number of rotatable bonds is 8. The van der Waals surface area contributed by atoms with Crippen LogP contribution in [0.1, 0.15) is 50.9 Å². The number of aromatic amines is 1. The lowest BCUT2D eigenvalue weighted by molar-refractivity contribution is 0.415. The van der Waals surface area contributed by atoms with Gasteiger partial charge < -0.3 is 15.5 Å². The highest BCUT2D eigenvalue weighted by Crippen LogP contribution is 2.24. The van der Waals surface area contributed by atoms with Crippen molar-refractivity contribution in [3.05, 3.63) is 36.3 Å². The third kappa shape index (κ3) is 4.33. The number of imidazole rings is 1. The van der Waals surface area contributed by atoms with Gasteiger partial charge >= 0.3 is 0 Å². The van der Waals surface area contributed by atoms with Gasteiger partial charge in [0.05, 0.1) is 18.8 Å². The van der Waals surface area contributed by atoms with E-state index in [1.807, 2.05) is 30.5 Å². The number of hydrogen-bond acceptors (Lipinski definition) is 3. The highest BCUT2D eigenvalue weighted by molar-refractivity contribution is 5.60. The number of ether oxygens (including phenoxy) is 1. The zero-order valence-corrected chi connectivity index (χ0v) is 12.9. The van der Waals surface area contributed by atoms with Crippen molar-refractivity contribution in [1.29, 1.82) is 0 Å². The van der Waals surface area contributed by atoms with E-state index in [0.29, 0.717) is 0 Å². The summed E-state index contributed by atoms with van der Waals surface area (Å²) in [5, 5.41) is 0. The summed E-state index contributed by atoms with van der Waals surface area (Å²) in [6, 6.07) is 7.88. The molecule has 1 atom stereocenters. The first-order valence-corrected chi connectivity index (χ1v) is 7.70. The molecule has 1 aromatic heterocycles. The average molecular weight is 287 g/mol. The molecule has 0 aliphatic heterocycles. The van der Waals surface area contributed by atoms with Crippen molar-refractivity contribution in [2.75, 3.05) is 7.11 Å². The Bertz CT molecular complexity index is 550. The average Bonchev–Trinajstić information content (AvgIpc) is 3.01. The minimum Gasteiger partial charge on any atom is -0.497 e. The first kappa shape index (κ1) is 15.6. The molecule has 2 aromatic rings. The van der Waals surface area contributed by atoms with Gasteiger partial charge in [-0.3, -0.25) is 0 Å². The predicted molar refractivity (Wildman–Crippen MR) is 86.3 cm³/mol. The Kier molecular flexibility index (Phi) is 5.81. The van der Waals surface area contributed by atoms with E-state index in [4.69, 9.17) is 10.5 Å². The second-order valence-electron chi connectivity index (χ2n) is 5.36. The van der Waals surface area contributed by atoms with Crippen LogP contribution in [0.5, 0.6) is 5.75 Å². The molecule has 1 aromatic carbocycles. The summed E-state index contributed by atoms with van der Waals surface area (Å²) in [6.45, 7) is 2.22. The SMILES string of the molecule is CCCCCCC(N)c1nc(-c2cccc(OC)c2)c[nH]1. The van der Waals surface area contributed by atoms with Crippen molar-refractivity contribution in [3.8, 4) is 17.0 Å². The summed E-state index contributed by atoms with van der Waals surface area (Å²) in [5.74, 6) is 1.70. The van der Waals surface area contributed by atoms with Crippen LogP contribution in [0.3, 0.4) is 0 Å². The summed E-state index contributed by atoms with van der Waals surface area (Å²) in [6.07, 6.45) is 7.81. The summed E-state index contributed by atoms with van der Waals surface area (Å²) in [5.41, 5.74) is 8.15. The second-order valence-corrected chi connectivity index (χ2v) is 5.36. The number of aromatic nitrogens is 2. The van der Waals surface area contributed by atoms with Crippen molar-refractivity contribution in [3.63, 3.8) is 0 Å². The molecule has 0 saturated heterocycles. The van der Waals surface area contributed by atoms with Gasteiger partial charge in [0.25, 0.3) is 0 Å². The van der Waals surface area contributed by atoms with Crippen LogP contribution < -0.4 is 10.5 Å². The largest absolute Gasteiger partial charge is 0.497 e. The molecule has 21 heavy (non-hydrogen) atoms. The highest BCUT2D eigenvalue weighted by atomic mass is 16.5. The third-order valence-electron chi connectivity index (χ3n) is 3.68. The second kappa shape index (κ2) is 7.84. The molecule has 4 nitrogen and oxygen atoms in total. The molecular formula is C17H25N3O. The van der Waals surface area contributed by atoms with Crippen LogP contribution >= 0.6 is 0 Å². The molecule has 1 unspecified atom stereocenters.